The van der Waals surface area contributed by atoms with Crippen molar-refractivity contribution < 1.29 is 24.5 Å². The zero-order valence-corrected chi connectivity index (χ0v) is 16.4. The number of carboxylic acid groups (broad SMARTS) is 1. The highest BCUT2D eigenvalue weighted by Crippen LogP contribution is 2.23. The van der Waals surface area contributed by atoms with E-state index in [1.165, 1.54) is 19.1 Å². The van der Waals surface area contributed by atoms with E-state index in [1.807, 2.05) is 0 Å². The van der Waals surface area contributed by atoms with E-state index in [9.17, 15) is 14.7 Å². The largest absolute Gasteiger partial charge is 0.858 e. The smallest absolute Gasteiger partial charge is 0.341 e. The van der Waals surface area contributed by atoms with Gasteiger partial charge in [0.15, 0.2) is 6.61 Å². The topological polar surface area (TPSA) is 135 Å². The van der Waals surface area contributed by atoms with Crippen molar-refractivity contribution in [2.75, 3.05) is 11.9 Å². The lowest BCUT2D eigenvalue weighted by Crippen LogP contribution is -2.23. The van der Waals surface area contributed by atoms with E-state index in [4.69, 9.17) is 15.3 Å². The van der Waals surface area contributed by atoms with Crippen LogP contribution in [0.2, 0.25) is 0 Å². The molecule has 0 aromatic heterocycles. The van der Waals surface area contributed by atoms with Gasteiger partial charge in [0.05, 0.1) is 0 Å². The molecular formula is C19H17BrN3O5-. The van der Waals surface area contributed by atoms with Crippen LogP contribution in [-0.2, 0) is 16.0 Å². The van der Waals surface area contributed by atoms with Crippen molar-refractivity contribution in [3.05, 3.63) is 58.1 Å². The van der Waals surface area contributed by atoms with E-state index >= 15 is 0 Å². The van der Waals surface area contributed by atoms with Crippen LogP contribution in [0.1, 0.15) is 18.1 Å². The molecule has 2 aromatic rings. The number of rotatable bonds is 7. The van der Waals surface area contributed by atoms with Crippen LogP contribution in [0.25, 0.3) is 0 Å². The van der Waals surface area contributed by atoms with Crippen LogP contribution >= 0.6 is 15.9 Å². The molecule has 2 rings (SSSR count). The maximum absolute atomic E-state index is 12.4. The number of aliphatic carboxylic acids is 1. The van der Waals surface area contributed by atoms with Gasteiger partial charge in [0.1, 0.15) is 11.6 Å². The van der Waals surface area contributed by atoms with Gasteiger partial charge in [-0.2, -0.15) is 0 Å². The summed E-state index contributed by atoms with van der Waals surface area (Å²) in [5.41, 5.74) is 1.43. The number of benzene rings is 2. The second-order valence-corrected chi connectivity index (χ2v) is 6.66. The average molecular weight is 447 g/mol. The molecule has 28 heavy (non-hydrogen) atoms. The number of aliphatic imine (C=N–C) groups is 1. The number of carboxylic acids is 1. The number of hydrogen-bond donors (Lipinski definition) is 3. The lowest BCUT2D eigenvalue weighted by atomic mass is 10.1. The van der Waals surface area contributed by atoms with Crippen LogP contribution in [0, 0.1) is 5.41 Å². The van der Waals surface area contributed by atoms with Crippen LogP contribution in [0.5, 0.6) is 5.75 Å². The number of hydrogen-bond acceptors (Lipinski definition) is 5. The van der Waals surface area contributed by atoms with Crippen LogP contribution in [-0.4, -0.2) is 35.3 Å². The third-order valence-electron chi connectivity index (χ3n) is 3.41. The van der Waals surface area contributed by atoms with Gasteiger partial charge in [-0.05, 0) is 35.9 Å². The summed E-state index contributed by atoms with van der Waals surface area (Å²) >= 11 is 3.24. The Bertz CT molecular complexity index is 926. The lowest BCUT2D eigenvalue weighted by Gasteiger charge is -2.16. The van der Waals surface area contributed by atoms with Crippen molar-refractivity contribution in [2.45, 2.75) is 13.3 Å². The lowest BCUT2D eigenvalue weighted by molar-refractivity contribution is -0.212. The van der Waals surface area contributed by atoms with Crippen LogP contribution < -0.4 is 15.2 Å². The summed E-state index contributed by atoms with van der Waals surface area (Å²) in [5, 5.41) is 31.8. The minimum absolute atomic E-state index is 0.0568. The maximum atomic E-state index is 12.4. The minimum Gasteiger partial charge on any atom is -0.858 e. The third-order valence-corrected chi connectivity index (χ3v) is 3.90. The summed E-state index contributed by atoms with van der Waals surface area (Å²) in [4.78, 5) is 25.5. The Kier molecular flexibility index (Phi) is 7.28. The summed E-state index contributed by atoms with van der Waals surface area (Å²) in [6.45, 7) is 0.810. The minimum atomic E-state index is -1.17. The Labute approximate surface area is 169 Å². The van der Waals surface area contributed by atoms with Gasteiger partial charge in [-0.1, -0.05) is 28.1 Å². The van der Waals surface area contributed by atoms with Gasteiger partial charge in [0.2, 0.25) is 5.91 Å². The molecule has 1 amide bonds. The molecule has 0 aliphatic heterocycles. The number of carbonyl (C=O) groups is 2. The molecule has 0 spiro atoms. The first-order chi connectivity index (χ1) is 13.2. The van der Waals surface area contributed by atoms with Crippen LogP contribution in [0.4, 0.5) is 5.69 Å². The fourth-order valence-electron chi connectivity index (χ4n) is 2.26. The molecule has 0 heterocycles. The van der Waals surface area contributed by atoms with Crippen molar-refractivity contribution in [3.8, 4) is 5.75 Å². The van der Waals surface area contributed by atoms with Crippen molar-refractivity contribution in [3.63, 3.8) is 0 Å². The normalized spacial score (nSPS) is 11.0. The Morgan fingerprint density at radius 2 is 1.93 bits per heavy atom. The molecule has 8 nitrogen and oxygen atoms in total. The van der Waals surface area contributed by atoms with Crippen molar-refractivity contribution in [1.82, 2.24) is 0 Å². The maximum Gasteiger partial charge on any atom is 0.341 e. The number of halogens is 1. The second-order valence-electron chi connectivity index (χ2n) is 5.74. The SMILES string of the molecule is CC(=O)Nc1ccc(CC(=N)N=C([O-])c2cc(Br)ccc2OCC(=O)O)cc1. The Morgan fingerprint density at radius 3 is 2.54 bits per heavy atom. The number of amides is 1. The Morgan fingerprint density at radius 1 is 1.25 bits per heavy atom. The van der Waals surface area contributed by atoms with Crippen molar-refractivity contribution in [1.29, 1.82) is 5.41 Å². The fourth-order valence-corrected chi connectivity index (χ4v) is 2.62. The highest BCUT2D eigenvalue weighted by Gasteiger charge is 2.08. The molecular weight excluding hydrogens is 430 g/mol. The number of amidine groups is 1. The zero-order chi connectivity index (χ0) is 20.7. The summed E-state index contributed by atoms with van der Waals surface area (Å²) in [7, 11) is 0. The molecule has 0 aliphatic carbocycles. The van der Waals surface area contributed by atoms with Gasteiger partial charge in [-0.25, -0.2) is 9.79 Å². The first-order valence-corrected chi connectivity index (χ1v) is 8.88. The predicted octanol–water partition coefficient (Wildman–Crippen LogP) is 2.20. The summed E-state index contributed by atoms with van der Waals surface area (Å²) in [6.07, 6.45) is 0.116. The van der Waals surface area contributed by atoms with Gasteiger partial charge in [-0.15, -0.1) is 0 Å². The predicted molar refractivity (Wildman–Crippen MR) is 106 cm³/mol. The molecule has 0 fully saturated rings. The van der Waals surface area contributed by atoms with E-state index in [0.29, 0.717) is 10.2 Å². The molecule has 0 saturated carbocycles. The standard InChI is InChI=1S/C19H18BrN3O5/c1-11(24)22-14-5-2-12(3-6-14)8-17(21)23-19(27)15-9-13(20)4-7-16(15)28-10-18(25)26/h2-7,9H,8,10H2,1H3,(H,22,24)(H,25,26)(H2,21,23,27)/p-1. The molecule has 3 N–H and O–H groups in total. The zero-order valence-electron chi connectivity index (χ0n) is 14.9. The van der Waals surface area contributed by atoms with E-state index in [1.54, 1.807) is 30.3 Å². The second kappa shape index (κ2) is 9.65. The van der Waals surface area contributed by atoms with Crippen molar-refractivity contribution >= 4 is 45.2 Å². The van der Waals surface area contributed by atoms with Gasteiger partial charge in [-0.3, -0.25) is 10.2 Å². The number of carbonyl (C=O) groups excluding carboxylic acids is 1. The molecule has 0 saturated heterocycles. The molecule has 0 atom stereocenters. The molecule has 0 bridgehead atoms. The Hall–Kier alpha value is -3.20. The Balaban J connectivity index is 2.13. The molecule has 9 heteroatoms. The van der Waals surface area contributed by atoms with E-state index < -0.39 is 18.5 Å². The quantitative estimate of drug-likeness (QED) is 0.442. The molecule has 146 valence electrons. The monoisotopic (exact) mass is 446 g/mol. The first kappa shape index (κ1) is 21.1. The van der Waals surface area contributed by atoms with Crippen LogP contribution in [0.15, 0.2) is 51.9 Å². The first-order valence-electron chi connectivity index (χ1n) is 8.09. The highest BCUT2D eigenvalue weighted by molar-refractivity contribution is 9.10. The fraction of sp³-hybridized carbons (Fsp3) is 0.158. The number of nitrogens with zero attached hydrogens (tertiary/aromatic N) is 1. The van der Waals surface area contributed by atoms with E-state index in [0.717, 1.165) is 5.56 Å². The van der Waals surface area contributed by atoms with Gasteiger partial charge >= 0.3 is 5.97 Å². The summed E-state index contributed by atoms with van der Waals surface area (Å²) in [5.74, 6) is -2.15. The number of nitrogens with one attached hydrogen (secondary N) is 2. The molecule has 0 aliphatic rings. The van der Waals surface area contributed by atoms with E-state index in [-0.39, 0.29) is 29.5 Å². The molecule has 0 unspecified atom stereocenters. The summed E-state index contributed by atoms with van der Waals surface area (Å²) < 4.78 is 5.70. The highest BCUT2D eigenvalue weighted by atomic mass is 79.9. The van der Waals surface area contributed by atoms with Gasteiger partial charge in [0, 0.05) is 35.0 Å². The molecule has 0 radical (unpaired) electrons. The third kappa shape index (κ3) is 6.51. The number of ether oxygens (including phenoxy) is 1. The number of anilines is 1. The van der Waals surface area contributed by atoms with Gasteiger partial charge < -0.3 is 20.3 Å². The van der Waals surface area contributed by atoms with E-state index in [2.05, 4.69) is 26.2 Å². The van der Waals surface area contributed by atoms with Crippen LogP contribution in [0.3, 0.4) is 0 Å². The van der Waals surface area contributed by atoms with Crippen molar-refractivity contribution in [2.24, 2.45) is 4.99 Å². The van der Waals surface area contributed by atoms with Gasteiger partial charge in [0.25, 0.3) is 0 Å². The molecule has 2 aromatic carbocycles. The summed E-state index contributed by atoms with van der Waals surface area (Å²) in [6, 6.07) is 11.4. The average Bonchev–Trinajstić information content (AvgIpc) is 2.61.